The number of carbonyl (C=O) groups excluding carboxylic acids is 1. The van der Waals surface area contributed by atoms with Gasteiger partial charge in [-0.3, -0.25) is 9.59 Å². The molecule has 0 saturated carbocycles. The molecule has 1 atom stereocenters. The second-order valence-electron chi connectivity index (χ2n) is 6.31. The zero-order valence-electron chi connectivity index (χ0n) is 15.1. The lowest BCUT2D eigenvalue weighted by molar-refractivity contribution is -0.140. The van der Waals surface area contributed by atoms with E-state index in [9.17, 15) is 14.7 Å². The summed E-state index contributed by atoms with van der Waals surface area (Å²) < 4.78 is 0. The van der Waals surface area contributed by atoms with Crippen molar-refractivity contribution in [3.63, 3.8) is 0 Å². The summed E-state index contributed by atoms with van der Waals surface area (Å²) in [7, 11) is 0. The maximum Gasteiger partial charge on any atom is 0.304 e. The molecule has 3 aromatic rings. The minimum atomic E-state index is -1.06. The van der Waals surface area contributed by atoms with E-state index in [1.165, 1.54) is 11.3 Å². The van der Waals surface area contributed by atoms with Gasteiger partial charge in [-0.1, -0.05) is 41.9 Å². The van der Waals surface area contributed by atoms with E-state index in [4.69, 9.17) is 16.9 Å². The van der Waals surface area contributed by atoms with Gasteiger partial charge >= 0.3 is 5.97 Å². The van der Waals surface area contributed by atoms with Gasteiger partial charge in [0.1, 0.15) is 0 Å². The summed E-state index contributed by atoms with van der Waals surface area (Å²) in [6.45, 7) is 0. The molecule has 6 nitrogen and oxygen atoms in total. The third-order valence-corrected chi connectivity index (χ3v) is 5.33. The average Bonchev–Trinajstić information content (AvgIpc) is 3.16. The van der Waals surface area contributed by atoms with Crippen LogP contribution in [0.3, 0.4) is 0 Å². The normalized spacial score (nSPS) is 11.4. The van der Waals surface area contributed by atoms with Crippen LogP contribution in [0.15, 0.2) is 53.9 Å². The Hall–Kier alpha value is -3.21. The van der Waals surface area contributed by atoms with Gasteiger partial charge in [0.2, 0.25) is 5.91 Å². The third kappa shape index (κ3) is 5.41. The number of carboxylic acid groups (broad SMARTS) is 1. The van der Waals surface area contributed by atoms with Crippen molar-refractivity contribution in [2.45, 2.75) is 12.8 Å². The first-order valence-electron chi connectivity index (χ1n) is 8.68. The van der Waals surface area contributed by atoms with E-state index in [0.29, 0.717) is 21.4 Å². The number of carbonyl (C=O) groups is 2. The fraction of sp³-hybridized carbons (Fsp3) is 0.143. The standard InChI is InChI=1S/C21H16ClN3O3S/c22-17-4-2-1-3-16(17)18-12-29-21(24-18)25-20(28)15(10-19(26)27)9-13-5-7-14(11-23)8-6-13/h1-8,12,15H,9-10H2,(H,26,27)(H,24,25,28)/t15-/m1/s1. The van der Waals surface area contributed by atoms with Crippen molar-refractivity contribution < 1.29 is 14.7 Å². The molecule has 1 amide bonds. The Morgan fingerprint density at radius 2 is 1.93 bits per heavy atom. The van der Waals surface area contributed by atoms with Crippen LogP contribution in [0.25, 0.3) is 11.3 Å². The monoisotopic (exact) mass is 425 g/mol. The summed E-state index contributed by atoms with van der Waals surface area (Å²) in [5, 5.41) is 23.5. The lowest BCUT2D eigenvalue weighted by Crippen LogP contribution is -2.27. The highest BCUT2D eigenvalue weighted by Crippen LogP contribution is 2.30. The molecule has 0 aliphatic heterocycles. The van der Waals surface area contributed by atoms with Crippen molar-refractivity contribution in [1.82, 2.24) is 4.98 Å². The van der Waals surface area contributed by atoms with E-state index in [-0.39, 0.29) is 12.8 Å². The zero-order chi connectivity index (χ0) is 20.8. The first-order chi connectivity index (χ1) is 14.0. The Labute approximate surface area is 176 Å². The molecular formula is C21H16ClN3O3S. The first kappa shape index (κ1) is 20.5. The molecule has 0 saturated heterocycles. The van der Waals surface area contributed by atoms with Gasteiger partial charge in [0.15, 0.2) is 5.13 Å². The molecule has 2 N–H and O–H groups in total. The van der Waals surface area contributed by atoms with Gasteiger partial charge in [-0.15, -0.1) is 11.3 Å². The summed E-state index contributed by atoms with van der Waals surface area (Å²) in [6, 6.07) is 16.0. The van der Waals surface area contributed by atoms with E-state index in [2.05, 4.69) is 10.3 Å². The molecule has 0 unspecified atom stereocenters. The van der Waals surface area contributed by atoms with Gasteiger partial charge in [0.05, 0.1) is 29.7 Å². The molecule has 0 bridgehead atoms. The van der Waals surface area contributed by atoms with Crippen LogP contribution in [0, 0.1) is 17.2 Å². The Kier molecular flexibility index (Phi) is 6.60. The molecular weight excluding hydrogens is 410 g/mol. The number of nitriles is 1. The van der Waals surface area contributed by atoms with Crippen LogP contribution < -0.4 is 5.32 Å². The first-order valence-corrected chi connectivity index (χ1v) is 9.94. The third-order valence-electron chi connectivity index (χ3n) is 4.24. The number of hydrogen-bond acceptors (Lipinski definition) is 5. The van der Waals surface area contributed by atoms with E-state index in [1.807, 2.05) is 24.3 Å². The Bertz CT molecular complexity index is 1070. The molecule has 8 heteroatoms. The minimum Gasteiger partial charge on any atom is -0.481 e. The Morgan fingerprint density at radius 3 is 2.59 bits per heavy atom. The highest BCUT2D eigenvalue weighted by Gasteiger charge is 2.23. The average molecular weight is 426 g/mol. The molecule has 0 radical (unpaired) electrons. The van der Waals surface area contributed by atoms with Gasteiger partial charge in [0, 0.05) is 16.0 Å². The van der Waals surface area contributed by atoms with Crippen LogP contribution in [-0.2, 0) is 16.0 Å². The number of nitrogens with zero attached hydrogens (tertiary/aromatic N) is 2. The van der Waals surface area contributed by atoms with Crippen LogP contribution in [0.4, 0.5) is 5.13 Å². The summed E-state index contributed by atoms with van der Waals surface area (Å²) in [4.78, 5) is 28.3. The number of anilines is 1. The van der Waals surface area contributed by atoms with Crippen LogP contribution in [-0.4, -0.2) is 22.0 Å². The molecule has 0 aliphatic rings. The van der Waals surface area contributed by atoms with E-state index >= 15 is 0 Å². The number of hydrogen-bond donors (Lipinski definition) is 2. The summed E-state index contributed by atoms with van der Waals surface area (Å²) in [6.07, 6.45) is -0.0683. The Morgan fingerprint density at radius 1 is 1.21 bits per heavy atom. The van der Waals surface area contributed by atoms with E-state index < -0.39 is 17.8 Å². The summed E-state index contributed by atoms with van der Waals surface area (Å²) in [5.74, 6) is -2.25. The molecule has 0 aliphatic carbocycles. The predicted molar refractivity (Wildman–Crippen MR) is 112 cm³/mol. The molecule has 146 valence electrons. The number of benzene rings is 2. The molecule has 0 spiro atoms. The lowest BCUT2D eigenvalue weighted by atomic mass is 9.95. The SMILES string of the molecule is N#Cc1ccc(C[C@H](CC(=O)O)C(=O)Nc2nc(-c3ccccc3Cl)cs2)cc1. The number of aliphatic carboxylic acids is 1. The molecule has 1 heterocycles. The number of aromatic nitrogens is 1. The largest absolute Gasteiger partial charge is 0.481 e. The smallest absolute Gasteiger partial charge is 0.304 e. The summed E-state index contributed by atoms with van der Waals surface area (Å²) >= 11 is 7.43. The van der Waals surface area contributed by atoms with Crippen molar-refractivity contribution in [2.75, 3.05) is 5.32 Å². The number of halogens is 1. The second kappa shape index (κ2) is 9.32. The number of carboxylic acids is 1. The molecule has 29 heavy (non-hydrogen) atoms. The van der Waals surface area contributed by atoms with Gasteiger partial charge in [-0.05, 0) is 30.2 Å². The lowest BCUT2D eigenvalue weighted by Gasteiger charge is -2.14. The van der Waals surface area contributed by atoms with Crippen LogP contribution in [0.1, 0.15) is 17.5 Å². The topological polar surface area (TPSA) is 103 Å². The van der Waals surface area contributed by atoms with Gasteiger partial charge < -0.3 is 10.4 Å². The van der Waals surface area contributed by atoms with E-state index in [0.717, 1.165) is 11.1 Å². The van der Waals surface area contributed by atoms with Crippen LogP contribution in [0.2, 0.25) is 5.02 Å². The van der Waals surface area contributed by atoms with Crippen molar-refractivity contribution in [1.29, 1.82) is 5.26 Å². The second-order valence-corrected chi connectivity index (χ2v) is 7.58. The molecule has 0 fully saturated rings. The molecule has 2 aromatic carbocycles. The van der Waals surface area contributed by atoms with Crippen LogP contribution >= 0.6 is 22.9 Å². The van der Waals surface area contributed by atoms with E-state index in [1.54, 1.807) is 35.7 Å². The van der Waals surface area contributed by atoms with Gasteiger partial charge in [0.25, 0.3) is 0 Å². The number of thiazole rings is 1. The van der Waals surface area contributed by atoms with Gasteiger partial charge in [-0.25, -0.2) is 4.98 Å². The highest BCUT2D eigenvalue weighted by molar-refractivity contribution is 7.14. The quantitative estimate of drug-likeness (QED) is 0.575. The maximum atomic E-state index is 12.7. The number of nitrogens with one attached hydrogen (secondary N) is 1. The van der Waals surface area contributed by atoms with Crippen molar-refractivity contribution in [2.24, 2.45) is 5.92 Å². The van der Waals surface area contributed by atoms with Crippen molar-refractivity contribution in [3.05, 3.63) is 70.1 Å². The number of rotatable bonds is 7. The van der Waals surface area contributed by atoms with Crippen molar-refractivity contribution >= 4 is 39.9 Å². The Balaban J connectivity index is 1.74. The maximum absolute atomic E-state index is 12.7. The van der Waals surface area contributed by atoms with Crippen molar-refractivity contribution in [3.8, 4) is 17.3 Å². The minimum absolute atomic E-state index is 0.243. The molecule has 1 aromatic heterocycles. The highest BCUT2D eigenvalue weighted by atomic mass is 35.5. The summed E-state index contributed by atoms with van der Waals surface area (Å²) in [5.41, 5.74) is 2.67. The number of amides is 1. The zero-order valence-corrected chi connectivity index (χ0v) is 16.7. The fourth-order valence-electron chi connectivity index (χ4n) is 2.80. The molecule has 3 rings (SSSR count). The van der Waals surface area contributed by atoms with Gasteiger partial charge in [-0.2, -0.15) is 5.26 Å². The fourth-order valence-corrected chi connectivity index (χ4v) is 3.75. The predicted octanol–water partition coefficient (Wildman–Crippen LogP) is 4.61. The van der Waals surface area contributed by atoms with Crippen LogP contribution in [0.5, 0.6) is 0 Å².